The summed E-state index contributed by atoms with van der Waals surface area (Å²) in [6, 6.07) is -0.796. The van der Waals surface area contributed by atoms with Crippen molar-refractivity contribution in [1.29, 1.82) is 0 Å². The van der Waals surface area contributed by atoms with Gasteiger partial charge in [-0.3, -0.25) is 0 Å². The van der Waals surface area contributed by atoms with Crippen LogP contribution >= 0.6 is 0 Å². The third-order valence-corrected chi connectivity index (χ3v) is 0.254. The molecule has 0 aromatic carbocycles. The molecule has 0 aliphatic carbocycles. The molecule has 0 aliphatic rings. The molecule has 5 nitrogen and oxygen atoms in total. The largest absolute Gasteiger partial charge is 0.572 e. The maximum Gasteiger partial charge on any atom is 0.572 e. The van der Waals surface area contributed by atoms with Crippen molar-refractivity contribution in [2.45, 2.75) is 0 Å². The van der Waals surface area contributed by atoms with E-state index in [0.717, 1.165) is 0 Å². The van der Waals surface area contributed by atoms with Crippen LogP contribution in [-0.4, -0.2) is 16.4 Å². The van der Waals surface area contributed by atoms with Crippen LogP contribution in [0.3, 0.4) is 0 Å². The fourth-order valence-electron chi connectivity index (χ4n) is 0.0333. The number of rotatable bonds is 0. The minimum Gasteiger partial charge on any atom is -0.207 e. The molecule has 0 bridgehead atoms. The zero-order valence-electron chi connectivity index (χ0n) is 2.96. The second-order valence-corrected chi connectivity index (χ2v) is 0.661. The summed E-state index contributed by atoms with van der Waals surface area (Å²) < 4.78 is 0. The maximum atomic E-state index is 9.57. The van der Waals surface area contributed by atoms with Crippen molar-refractivity contribution < 1.29 is 26.2 Å². The molecule has 0 aromatic rings. The monoisotopic (exact) mass is 94.0 g/mol. The summed E-state index contributed by atoms with van der Waals surface area (Å²) in [5.41, 5.74) is 0.556. The summed E-state index contributed by atoms with van der Waals surface area (Å²) in [6.07, 6.45) is 0. The molecule has 5 heteroatoms. The Morgan fingerprint density at radius 3 is 1.67 bits per heavy atom. The van der Waals surface area contributed by atoms with Gasteiger partial charge in [0.15, 0.2) is 0 Å². The first-order valence-corrected chi connectivity index (χ1v) is 1.30. The zero-order valence-corrected chi connectivity index (χ0v) is 2.96. The van der Waals surface area contributed by atoms with Crippen LogP contribution in [0.15, 0.2) is 0 Å². The fourth-order valence-corrected chi connectivity index (χ4v) is 0.0333. The Bertz CT molecular complexity index is 46.8. The van der Waals surface area contributed by atoms with Crippen LogP contribution in [0.1, 0.15) is 0 Å². The van der Waals surface area contributed by atoms with E-state index in [1.807, 2.05) is 0 Å². The van der Waals surface area contributed by atoms with Gasteiger partial charge in [0.2, 0.25) is 0 Å². The van der Waals surface area contributed by atoms with Crippen LogP contribution < -0.4 is 11.0 Å². The Balaban J connectivity index is 2.99. The second-order valence-electron chi connectivity index (χ2n) is 0.661. The first-order valence-electron chi connectivity index (χ1n) is 1.30. The Morgan fingerprint density at radius 2 is 1.67 bits per heavy atom. The van der Waals surface area contributed by atoms with E-state index in [1.54, 1.807) is 0 Å². The summed E-state index contributed by atoms with van der Waals surface area (Å²) in [6.45, 7) is 0. The fraction of sp³-hybridized carbons (Fsp3) is 0. The van der Waals surface area contributed by atoms with Gasteiger partial charge in [-0.25, -0.2) is 10.4 Å². The van der Waals surface area contributed by atoms with Gasteiger partial charge in [-0.1, -0.05) is 11.0 Å². The standard InChI is InChI=1S/CH4N2O3/c4-1(2-5)3-6/h5-6H,(H2,2,3,4)/p+2. The minimum atomic E-state index is -0.796. The number of hydroxylamine groups is 2. The van der Waals surface area contributed by atoms with Gasteiger partial charge in [0.05, 0.1) is 0 Å². The molecule has 36 valence electrons. The first kappa shape index (κ1) is 5.51. The van der Waals surface area contributed by atoms with Crippen molar-refractivity contribution in [2.75, 3.05) is 0 Å². The smallest absolute Gasteiger partial charge is 0.207 e. The van der Waals surface area contributed by atoms with Gasteiger partial charge < -0.3 is 0 Å². The van der Waals surface area contributed by atoms with Crippen molar-refractivity contribution in [3.63, 3.8) is 0 Å². The van der Waals surface area contributed by atoms with E-state index in [9.17, 15) is 4.79 Å². The number of primary amides is 2. The third kappa shape index (κ3) is 1.79. The molecule has 0 aromatic heterocycles. The molecular formula is CH6N2O3+2. The van der Waals surface area contributed by atoms with Crippen LogP contribution in [0, 0.1) is 0 Å². The number of amides is 2. The van der Waals surface area contributed by atoms with Crippen molar-refractivity contribution in [3.05, 3.63) is 0 Å². The van der Waals surface area contributed by atoms with Gasteiger partial charge in [-0.05, 0) is 0 Å². The second kappa shape index (κ2) is 2.73. The molecule has 2 amide bonds. The predicted molar refractivity (Wildman–Crippen MR) is 12.8 cm³/mol. The normalized spacial score (nSPS) is 8.33. The number of quaternary nitrogens is 2. The lowest BCUT2D eigenvalue weighted by atomic mass is 11.2. The van der Waals surface area contributed by atoms with E-state index < -0.39 is 6.03 Å². The number of carbonyl (C=O) groups is 1. The quantitative estimate of drug-likeness (QED) is 0.190. The summed E-state index contributed by atoms with van der Waals surface area (Å²) in [4.78, 5) is 9.57. The van der Waals surface area contributed by atoms with E-state index >= 15 is 0 Å². The molecule has 0 spiro atoms. The highest BCUT2D eigenvalue weighted by atomic mass is 16.5. The first-order chi connectivity index (χ1) is 2.81. The van der Waals surface area contributed by atoms with Gasteiger partial charge >= 0.3 is 6.03 Å². The highest BCUT2D eigenvalue weighted by molar-refractivity contribution is 5.48. The molecule has 0 atom stereocenters. The predicted octanol–water partition coefficient (Wildman–Crippen LogP) is -2.99. The molecule has 6 heavy (non-hydrogen) atoms. The topological polar surface area (TPSA) is 90.8 Å². The van der Waals surface area contributed by atoms with Gasteiger partial charge in [0.25, 0.3) is 0 Å². The minimum absolute atomic E-state index is 0.278. The van der Waals surface area contributed by atoms with E-state index in [0.29, 0.717) is 0 Å². The highest BCUT2D eigenvalue weighted by Gasteiger charge is 2.02. The van der Waals surface area contributed by atoms with Crippen LogP contribution in [0.4, 0.5) is 4.79 Å². The lowest BCUT2D eigenvalue weighted by Gasteiger charge is -1.74. The molecule has 0 rings (SSSR count). The Kier molecular flexibility index (Phi) is 2.51. The number of urea groups is 1. The molecule has 0 unspecified atom stereocenters. The van der Waals surface area contributed by atoms with Crippen LogP contribution in [0.2, 0.25) is 0 Å². The Labute approximate surface area is 33.5 Å². The van der Waals surface area contributed by atoms with Gasteiger partial charge in [-0.15, -0.1) is 0 Å². The van der Waals surface area contributed by atoms with Crippen molar-refractivity contribution in [1.82, 2.24) is 0 Å². The number of hydrogen-bond donors (Lipinski definition) is 4. The van der Waals surface area contributed by atoms with Crippen molar-refractivity contribution in [3.8, 4) is 0 Å². The molecule has 0 saturated heterocycles. The van der Waals surface area contributed by atoms with Gasteiger partial charge in [0.1, 0.15) is 0 Å². The van der Waals surface area contributed by atoms with Crippen molar-refractivity contribution in [2.24, 2.45) is 0 Å². The zero-order chi connectivity index (χ0) is 4.99. The van der Waals surface area contributed by atoms with E-state index in [1.165, 1.54) is 0 Å². The molecule has 0 aliphatic heterocycles. The van der Waals surface area contributed by atoms with Crippen LogP contribution in [0.25, 0.3) is 0 Å². The van der Waals surface area contributed by atoms with Gasteiger partial charge in [-0.2, -0.15) is 4.79 Å². The third-order valence-electron chi connectivity index (χ3n) is 0.254. The Morgan fingerprint density at radius 1 is 1.33 bits per heavy atom. The maximum absolute atomic E-state index is 9.57. The summed E-state index contributed by atoms with van der Waals surface area (Å²) in [5.74, 6) is 0. The van der Waals surface area contributed by atoms with E-state index in [-0.39, 0.29) is 11.0 Å². The van der Waals surface area contributed by atoms with Gasteiger partial charge in [0, 0.05) is 0 Å². The molecule has 0 radical (unpaired) electrons. The molecular weight excluding hydrogens is 88.0 g/mol. The molecule has 0 fully saturated rings. The summed E-state index contributed by atoms with van der Waals surface area (Å²) >= 11 is 0. The van der Waals surface area contributed by atoms with E-state index in [2.05, 4.69) is 0 Å². The van der Waals surface area contributed by atoms with E-state index in [4.69, 9.17) is 10.4 Å². The number of nitrogens with two attached hydrogens (primary N) is 2. The summed E-state index contributed by atoms with van der Waals surface area (Å²) in [5, 5.41) is 15.3. The molecule has 0 heterocycles. The number of carbonyl (C=O) groups excluding carboxylic acids is 1. The Hall–Kier alpha value is -0.490. The lowest BCUT2D eigenvalue weighted by Crippen LogP contribution is -3.07. The summed E-state index contributed by atoms with van der Waals surface area (Å²) in [7, 11) is 0. The highest BCUT2D eigenvalue weighted by Crippen LogP contribution is 1.21. The average Bonchev–Trinajstić information content (AvgIpc) is 1.65. The lowest BCUT2D eigenvalue weighted by molar-refractivity contribution is -0.929. The number of hydrogen-bond acceptors (Lipinski definition) is 3. The molecule has 0 saturated carbocycles. The SMILES string of the molecule is O=C([NH2+]O)[NH2+]O. The average molecular weight is 94.1 g/mol. The molecule has 6 N–H and O–H groups in total. The van der Waals surface area contributed by atoms with Crippen LogP contribution in [-0.2, 0) is 0 Å². The van der Waals surface area contributed by atoms with Crippen molar-refractivity contribution >= 4 is 6.03 Å². The van der Waals surface area contributed by atoms with Crippen LogP contribution in [0.5, 0.6) is 0 Å².